The largest absolute Gasteiger partial charge is 0.333 e. The monoisotopic (exact) mass is 359 g/mol. The van der Waals surface area contributed by atoms with Gasteiger partial charge in [-0.15, -0.1) is 0 Å². The van der Waals surface area contributed by atoms with Crippen LogP contribution in [0.15, 0.2) is 59.0 Å². The Morgan fingerprint density at radius 1 is 1.12 bits per heavy atom. The first kappa shape index (κ1) is 18.7. The molecular weight excluding hydrogens is 338 g/mol. The number of hydrogen-bond acceptors (Lipinski definition) is 4. The molecule has 0 atom stereocenters. The van der Waals surface area contributed by atoms with E-state index in [0.29, 0.717) is 12.1 Å². The molecule has 0 N–H and O–H groups in total. The molecule has 3 rings (SSSR count). The summed E-state index contributed by atoms with van der Waals surface area (Å²) in [6.07, 6.45) is 5.87. The standard InChI is InChI=1S/C16H15N3O3S.C2H6/c1-3-18-14-8-9-17-10-15(14)19(16(18)20)11-12-4-6-13(7-5-12)23(2,21)22;1-2/h3-10H,1,11H2,2H3;1-2H3. The molecule has 0 aliphatic heterocycles. The zero-order valence-corrected chi connectivity index (χ0v) is 15.3. The molecule has 0 bridgehead atoms. The topological polar surface area (TPSA) is 74.0 Å². The SMILES string of the molecule is C=Cn1c(=O)n(Cc2ccc(S(C)(=O)=O)cc2)c2cnccc21.CC. The predicted octanol–water partition coefficient (Wildman–Crippen LogP) is 2.78. The third kappa shape index (κ3) is 3.71. The lowest BCUT2D eigenvalue weighted by Gasteiger charge is -2.05. The van der Waals surface area contributed by atoms with Crippen molar-refractivity contribution in [2.45, 2.75) is 25.3 Å². The number of benzene rings is 1. The molecule has 3 aromatic rings. The molecule has 6 nitrogen and oxygen atoms in total. The molecule has 0 unspecified atom stereocenters. The van der Waals surface area contributed by atoms with E-state index in [-0.39, 0.29) is 10.6 Å². The molecule has 2 heterocycles. The van der Waals surface area contributed by atoms with E-state index in [1.54, 1.807) is 47.3 Å². The van der Waals surface area contributed by atoms with Crippen LogP contribution in [-0.4, -0.2) is 28.8 Å². The van der Waals surface area contributed by atoms with Crippen molar-refractivity contribution in [3.63, 3.8) is 0 Å². The summed E-state index contributed by atoms with van der Waals surface area (Å²) in [5.74, 6) is 0. The van der Waals surface area contributed by atoms with Crippen LogP contribution in [-0.2, 0) is 16.4 Å². The van der Waals surface area contributed by atoms with Gasteiger partial charge in [0.25, 0.3) is 0 Å². The van der Waals surface area contributed by atoms with Crippen molar-refractivity contribution in [2.24, 2.45) is 0 Å². The first-order valence-corrected chi connectivity index (χ1v) is 9.77. The van der Waals surface area contributed by atoms with Gasteiger partial charge in [0.2, 0.25) is 0 Å². The zero-order chi connectivity index (χ0) is 18.6. The van der Waals surface area contributed by atoms with Gasteiger partial charge in [-0.3, -0.25) is 14.1 Å². The van der Waals surface area contributed by atoms with Crippen molar-refractivity contribution >= 4 is 27.1 Å². The van der Waals surface area contributed by atoms with Crippen LogP contribution in [0.1, 0.15) is 19.4 Å². The number of fused-ring (bicyclic) bond motifs is 1. The fourth-order valence-corrected chi connectivity index (χ4v) is 3.11. The summed E-state index contributed by atoms with van der Waals surface area (Å²) in [6.45, 7) is 7.99. The number of rotatable bonds is 4. The lowest BCUT2D eigenvalue weighted by molar-refractivity contribution is 0.602. The number of sulfone groups is 1. The minimum atomic E-state index is -3.23. The fraction of sp³-hybridized carbons (Fsp3) is 0.222. The van der Waals surface area contributed by atoms with Gasteiger partial charge in [-0.05, 0) is 23.8 Å². The molecule has 0 radical (unpaired) electrons. The van der Waals surface area contributed by atoms with Crippen LogP contribution in [0.5, 0.6) is 0 Å². The first-order chi connectivity index (χ1) is 11.9. The predicted molar refractivity (Wildman–Crippen MR) is 100 cm³/mol. The minimum Gasteiger partial charge on any atom is -0.286 e. The maximum atomic E-state index is 12.5. The molecule has 0 saturated heterocycles. The summed E-state index contributed by atoms with van der Waals surface area (Å²) in [5, 5.41) is 0. The van der Waals surface area contributed by atoms with Gasteiger partial charge in [0, 0.05) is 18.7 Å². The minimum absolute atomic E-state index is 0.213. The number of pyridine rings is 1. The zero-order valence-electron chi connectivity index (χ0n) is 14.5. The Balaban J connectivity index is 0.00000109. The van der Waals surface area contributed by atoms with Gasteiger partial charge < -0.3 is 0 Å². The molecule has 7 heteroatoms. The third-order valence-electron chi connectivity index (χ3n) is 3.64. The van der Waals surface area contributed by atoms with Crippen LogP contribution in [0.2, 0.25) is 0 Å². The van der Waals surface area contributed by atoms with E-state index >= 15 is 0 Å². The molecular formula is C18H21N3O3S. The van der Waals surface area contributed by atoms with Crippen molar-refractivity contribution < 1.29 is 8.42 Å². The number of nitrogens with zero attached hydrogens (tertiary/aromatic N) is 3. The smallest absolute Gasteiger partial charge is 0.286 e. The van der Waals surface area contributed by atoms with Gasteiger partial charge in [-0.1, -0.05) is 32.6 Å². The van der Waals surface area contributed by atoms with Crippen LogP contribution in [0, 0.1) is 0 Å². The molecule has 1 aromatic carbocycles. The van der Waals surface area contributed by atoms with Crippen LogP contribution in [0.25, 0.3) is 17.2 Å². The normalized spacial score (nSPS) is 11.0. The quantitative estimate of drug-likeness (QED) is 0.718. The van der Waals surface area contributed by atoms with Crippen molar-refractivity contribution in [2.75, 3.05) is 6.26 Å². The summed E-state index contributed by atoms with van der Waals surface area (Å²) in [5.41, 5.74) is 2.04. The number of imidazole rings is 1. The summed E-state index contributed by atoms with van der Waals surface area (Å²) in [4.78, 5) is 16.8. The Kier molecular flexibility index (Phi) is 5.58. The molecule has 0 saturated carbocycles. The summed E-state index contributed by atoms with van der Waals surface area (Å²) in [6, 6.07) is 8.25. The van der Waals surface area contributed by atoms with Crippen LogP contribution in [0.4, 0.5) is 0 Å². The molecule has 25 heavy (non-hydrogen) atoms. The van der Waals surface area contributed by atoms with E-state index in [4.69, 9.17) is 0 Å². The third-order valence-corrected chi connectivity index (χ3v) is 4.77. The van der Waals surface area contributed by atoms with Gasteiger partial charge in [0.1, 0.15) is 0 Å². The molecule has 0 aliphatic carbocycles. The maximum Gasteiger partial charge on any atom is 0.333 e. The van der Waals surface area contributed by atoms with Crippen LogP contribution in [0.3, 0.4) is 0 Å². The Morgan fingerprint density at radius 3 is 2.32 bits per heavy atom. The Morgan fingerprint density at radius 2 is 1.76 bits per heavy atom. The van der Waals surface area contributed by atoms with E-state index in [2.05, 4.69) is 11.6 Å². The van der Waals surface area contributed by atoms with Gasteiger partial charge in [0.15, 0.2) is 9.84 Å². The van der Waals surface area contributed by atoms with Crippen LogP contribution >= 0.6 is 0 Å². The second-order valence-electron chi connectivity index (χ2n) is 5.20. The lowest BCUT2D eigenvalue weighted by atomic mass is 10.2. The highest BCUT2D eigenvalue weighted by molar-refractivity contribution is 7.90. The summed E-state index contributed by atoms with van der Waals surface area (Å²) >= 11 is 0. The average molecular weight is 359 g/mol. The lowest BCUT2D eigenvalue weighted by Crippen LogP contribution is -2.22. The second-order valence-corrected chi connectivity index (χ2v) is 7.22. The highest BCUT2D eigenvalue weighted by Gasteiger charge is 2.12. The summed E-state index contributed by atoms with van der Waals surface area (Å²) in [7, 11) is -3.23. The Hall–Kier alpha value is -2.67. The highest BCUT2D eigenvalue weighted by atomic mass is 32.2. The van der Waals surface area contributed by atoms with E-state index in [1.165, 1.54) is 10.8 Å². The molecule has 0 fully saturated rings. The van der Waals surface area contributed by atoms with Crippen molar-refractivity contribution in [3.8, 4) is 0 Å². The fourth-order valence-electron chi connectivity index (χ4n) is 2.48. The van der Waals surface area contributed by atoms with E-state index < -0.39 is 9.84 Å². The molecule has 0 aliphatic rings. The highest BCUT2D eigenvalue weighted by Crippen LogP contribution is 2.15. The van der Waals surface area contributed by atoms with Gasteiger partial charge in [0.05, 0.1) is 28.7 Å². The first-order valence-electron chi connectivity index (χ1n) is 7.88. The molecule has 0 spiro atoms. The molecule has 132 valence electrons. The van der Waals surface area contributed by atoms with Gasteiger partial charge in [-0.2, -0.15) is 0 Å². The van der Waals surface area contributed by atoms with E-state index in [1.807, 2.05) is 13.8 Å². The number of aromatic nitrogens is 3. The molecule has 0 amide bonds. The molecule has 2 aromatic heterocycles. The Bertz CT molecular complexity index is 1050. The second kappa shape index (κ2) is 7.48. The van der Waals surface area contributed by atoms with Crippen molar-refractivity contribution in [3.05, 3.63) is 65.4 Å². The van der Waals surface area contributed by atoms with Crippen molar-refractivity contribution in [1.29, 1.82) is 0 Å². The number of hydrogen-bond donors (Lipinski definition) is 0. The van der Waals surface area contributed by atoms with E-state index in [0.717, 1.165) is 17.3 Å². The summed E-state index contributed by atoms with van der Waals surface area (Å²) < 4.78 is 26.0. The van der Waals surface area contributed by atoms with Crippen LogP contribution < -0.4 is 5.69 Å². The maximum absolute atomic E-state index is 12.5. The van der Waals surface area contributed by atoms with Gasteiger partial charge in [-0.25, -0.2) is 13.2 Å². The van der Waals surface area contributed by atoms with Gasteiger partial charge >= 0.3 is 5.69 Å². The van der Waals surface area contributed by atoms with Crippen molar-refractivity contribution in [1.82, 2.24) is 14.1 Å². The Labute approximate surface area is 147 Å². The average Bonchev–Trinajstić information content (AvgIpc) is 2.88. The van der Waals surface area contributed by atoms with E-state index in [9.17, 15) is 13.2 Å².